The first kappa shape index (κ1) is 19.7. The number of benzene rings is 2. The van der Waals surface area contributed by atoms with Crippen molar-refractivity contribution in [2.24, 2.45) is 0 Å². The van der Waals surface area contributed by atoms with Crippen LogP contribution in [0.25, 0.3) is 0 Å². The van der Waals surface area contributed by atoms with Gasteiger partial charge in [0.25, 0.3) is 5.91 Å². The number of hydrogen-bond donors (Lipinski definition) is 2. The number of Topliss-reactive ketones (excluding diaryl/α,β-unsaturated/α-hetero) is 1. The molecule has 0 spiro atoms. The van der Waals surface area contributed by atoms with E-state index in [1.165, 1.54) is 26.4 Å². The zero-order valence-electron chi connectivity index (χ0n) is 15.8. The van der Waals surface area contributed by atoms with Crippen molar-refractivity contribution < 1.29 is 19.1 Å². The molecule has 8 heteroatoms. The molecule has 0 radical (unpaired) electrons. The van der Waals surface area contributed by atoms with Gasteiger partial charge in [-0.2, -0.15) is 0 Å². The van der Waals surface area contributed by atoms with Gasteiger partial charge in [0.1, 0.15) is 0 Å². The highest BCUT2D eigenvalue weighted by atomic mass is 16.5. The first-order valence-electron chi connectivity index (χ1n) is 8.66. The van der Waals surface area contributed by atoms with Gasteiger partial charge in [-0.1, -0.05) is 12.1 Å². The summed E-state index contributed by atoms with van der Waals surface area (Å²) in [5, 5.41) is 5.65. The molecule has 2 aromatic carbocycles. The number of methoxy groups -OCH3 is 1. The van der Waals surface area contributed by atoms with Gasteiger partial charge in [-0.3, -0.25) is 9.59 Å². The minimum Gasteiger partial charge on any atom is -0.465 e. The molecule has 3 aromatic rings. The number of rotatable bonds is 6. The Morgan fingerprint density at radius 3 is 2.17 bits per heavy atom. The van der Waals surface area contributed by atoms with Gasteiger partial charge in [0, 0.05) is 23.6 Å². The lowest BCUT2D eigenvalue weighted by molar-refractivity contribution is 0.0601. The maximum Gasteiger partial charge on any atom is 0.339 e. The third-order valence-electron chi connectivity index (χ3n) is 4.04. The zero-order chi connectivity index (χ0) is 20.8. The molecule has 2 N–H and O–H groups in total. The molecule has 29 heavy (non-hydrogen) atoms. The van der Waals surface area contributed by atoms with Gasteiger partial charge in [0.15, 0.2) is 5.78 Å². The number of amides is 1. The third-order valence-corrected chi connectivity index (χ3v) is 4.04. The molecule has 3 rings (SSSR count). The molecule has 0 unspecified atom stereocenters. The monoisotopic (exact) mass is 390 g/mol. The van der Waals surface area contributed by atoms with Crippen molar-refractivity contribution in [1.29, 1.82) is 0 Å². The van der Waals surface area contributed by atoms with E-state index in [2.05, 4.69) is 20.6 Å². The summed E-state index contributed by atoms with van der Waals surface area (Å²) in [6.07, 6.45) is 2.74. The van der Waals surface area contributed by atoms with Crippen molar-refractivity contribution in [3.05, 3.63) is 77.6 Å². The largest absolute Gasteiger partial charge is 0.465 e. The molecule has 0 aliphatic carbocycles. The Labute approximate surface area is 167 Å². The molecule has 0 atom stereocenters. The van der Waals surface area contributed by atoms with Crippen molar-refractivity contribution in [3.8, 4) is 0 Å². The second-order valence-electron chi connectivity index (χ2n) is 6.05. The highest BCUT2D eigenvalue weighted by molar-refractivity contribution is 6.04. The zero-order valence-corrected chi connectivity index (χ0v) is 15.8. The number of hydrogen-bond acceptors (Lipinski definition) is 7. The number of ether oxygens (including phenoxy) is 1. The smallest absolute Gasteiger partial charge is 0.339 e. The van der Waals surface area contributed by atoms with Gasteiger partial charge in [-0.25, -0.2) is 14.8 Å². The van der Waals surface area contributed by atoms with Gasteiger partial charge >= 0.3 is 5.97 Å². The van der Waals surface area contributed by atoms with Crippen molar-refractivity contribution in [1.82, 2.24) is 9.97 Å². The summed E-state index contributed by atoms with van der Waals surface area (Å²) in [5.74, 6) is -0.696. The molecule has 8 nitrogen and oxygen atoms in total. The molecule has 0 saturated carbocycles. The molecular weight excluding hydrogens is 372 g/mol. The minimum absolute atomic E-state index is 0.0480. The average molecular weight is 390 g/mol. The number of ketones is 1. The molecule has 0 saturated heterocycles. The molecule has 146 valence electrons. The lowest BCUT2D eigenvalue weighted by Gasteiger charge is -2.10. The highest BCUT2D eigenvalue weighted by Gasteiger charge is 2.13. The van der Waals surface area contributed by atoms with Gasteiger partial charge in [0.2, 0.25) is 5.95 Å². The normalized spacial score (nSPS) is 10.1. The van der Waals surface area contributed by atoms with Crippen molar-refractivity contribution in [3.63, 3.8) is 0 Å². The van der Waals surface area contributed by atoms with Crippen molar-refractivity contribution in [2.45, 2.75) is 6.92 Å². The maximum absolute atomic E-state index is 12.3. The summed E-state index contributed by atoms with van der Waals surface area (Å²) in [6, 6.07) is 13.4. The van der Waals surface area contributed by atoms with E-state index in [1.807, 2.05) is 0 Å². The SMILES string of the molecule is COC(=O)c1ccccc1Nc1ncc(C(=O)Nc2ccc(C(C)=O)cc2)cn1. The Morgan fingerprint density at radius 2 is 1.55 bits per heavy atom. The van der Waals surface area contributed by atoms with E-state index in [-0.39, 0.29) is 23.2 Å². The Hall–Kier alpha value is -4.07. The average Bonchev–Trinajstić information content (AvgIpc) is 2.74. The van der Waals surface area contributed by atoms with E-state index >= 15 is 0 Å². The van der Waals surface area contributed by atoms with Gasteiger partial charge in [-0.15, -0.1) is 0 Å². The number of nitrogens with zero attached hydrogens (tertiary/aromatic N) is 2. The van der Waals surface area contributed by atoms with E-state index < -0.39 is 5.97 Å². The second kappa shape index (κ2) is 8.75. The summed E-state index contributed by atoms with van der Waals surface area (Å²) >= 11 is 0. The molecule has 0 bridgehead atoms. The summed E-state index contributed by atoms with van der Waals surface area (Å²) < 4.78 is 4.75. The highest BCUT2D eigenvalue weighted by Crippen LogP contribution is 2.19. The number of carbonyl (C=O) groups is 3. The molecule has 1 heterocycles. The van der Waals surface area contributed by atoms with Crippen molar-refractivity contribution >= 4 is 35.0 Å². The van der Waals surface area contributed by atoms with Crippen LogP contribution in [0.1, 0.15) is 38.0 Å². The topological polar surface area (TPSA) is 110 Å². The maximum atomic E-state index is 12.3. The van der Waals surface area contributed by atoms with Crippen LogP contribution in [0.2, 0.25) is 0 Å². The third kappa shape index (κ3) is 4.81. The first-order chi connectivity index (χ1) is 14.0. The molecular formula is C21H18N4O4. The molecule has 0 fully saturated rings. The first-order valence-corrected chi connectivity index (χ1v) is 8.66. The minimum atomic E-state index is -0.486. The quantitative estimate of drug-likeness (QED) is 0.490. The summed E-state index contributed by atoms with van der Waals surface area (Å²) in [5.41, 5.74) is 2.20. The van der Waals surface area contributed by atoms with Crippen LogP contribution >= 0.6 is 0 Å². The van der Waals surface area contributed by atoms with Gasteiger partial charge < -0.3 is 15.4 Å². The Morgan fingerprint density at radius 1 is 0.897 bits per heavy atom. The van der Waals surface area contributed by atoms with E-state index in [0.29, 0.717) is 22.5 Å². The number of aromatic nitrogens is 2. The second-order valence-corrected chi connectivity index (χ2v) is 6.05. The van der Waals surface area contributed by atoms with Crippen LogP contribution in [-0.4, -0.2) is 34.7 Å². The lowest BCUT2D eigenvalue weighted by atomic mass is 10.1. The van der Waals surface area contributed by atoms with Crippen LogP contribution in [0, 0.1) is 0 Å². The number of anilines is 3. The number of para-hydroxylation sites is 1. The fraction of sp³-hybridized carbons (Fsp3) is 0.0952. The van der Waals surface area contributed by atoms with E-state index in [9.17, 15) is 14.4 Å². The van der Waals surface area contributed by atoms with E-state index in [4.69, 9.17) is 4.74 Å². The van der Waals surface area contributed by atoms with E-state index in [1.54, 1.807) is 48.5 Å². The standard InChI is InChI=1S/C21H18N4O4/c1-13(26)14-7-9-16(10-8-14)24-19(27)15-11-22-21(23-12-15)25-18-6-4-3-5-17(18)20(28)29-2/h3-12H,1-2H3,(H,24,27)(H,22,23,25). The van der Waals surface area contributed by atoms with Crippen LogP contribution < -0.4 is 10.6 Å². The Balaban J connectivity index is 1.69. The Bertz CT molecular complexity index is 1050. The number of nitrogens with one attached hydrogen (secondary N) is 2. The fourth-order valence-electron chi connectivity index (χ4n) is 2.50. The van der Waals surface area contributed by atoms with Gasteiger partial charge in [0.05, 0.1) is 23.9 Å². The molecule has 0 aliphatic rings. The summed E-state index contributed by atoms with van der Waals surface area (Å²) in [4.78, 5) is 43.7. The number of esters is 1. The predicted molar refractivity (Wildman–Crippen MR) is 107 cm³/mol. The van der Waals surface area contributed by atoms with Crippen molar-refractivity contribution in [2.75, 3.05) is 17.7 Å². The molecule has 1 aromatic heterocycles. The summed E-state index contributed by atoms with van der Waals surface area (Å²) in [6.45, 7) is 1.48. The van der Waals surface area contributed by atoms with Crippen LogP contribution in [0.5, 0.6) is 0 Å². The van der Waals surface area contributed by atoms with Crippen LogP contribution in [0.4, 0.5) is 17.3 Å². The fourth-order valence-corrected chi connectivity index (χ4v) is 2.50. The van der Waals surface area contributed by atoms with Crippen LogP contribution in [-0.2, 0) is 4.74 Å². The van der Waals surface area contributed by atoms with Crippen LogP contribution in [0.3, 0.4) is 0 Å². The van der Waals surface area contributed by atoms with Gasteiger partial charge in [-0.05, 0) is 43.3 Å². The lowest BCUT2D eigenvalue weighted by Crippen LogP contribution is -2.13. The predicted octanol–water partition coefficient (Wildman–Crippen LogP) is 3.46. The molecule has 0 aliphatic heterocycles. The van der Waals surface area contributed by atoms with E-state index in [0.717, 1.165) is 0 Å². The number of carbonyl (C=O) groups excluding carboxylic acids is 3. The summed E-state index contributed by atoms with van der Waals surface area (Å²) in [7, 11) is 1.30. The van der Waals surface area contributed by atoms with Crippen LogP contribution in [0.15, 0.2) is 60.9 Å². The molecule has 1 amide bonds. The Kier molecular flexibility index (Phi) is 5.94.